The second-order valence-corrected chi connectivity index (χ2v) is 7.05. The van der Waals surface area contributed by atoms with Crippen molar-refractivity contribution in [3.8, 4) is 5.82 Å². The fourth-order valence-corrected chi connectivity index (χ4v) is 2.58. The molecule has 24 heavy (non-hydrogen) atoms. The number of hydrogen-bond acceptors (Lipinski definition) is 5. The molecule has 0 amide bonds. The van der Waals surface area contributed by atoms with Crippen molar-refractivity contribution >= 4 is 27.3 Å². The van der Waals surface area contributed by atoms with E-state index in [9.17, 15) is 8.42 Å². The van der Waals surface area contributed by atoms with Crippen LogP contribution in [0.4, 0.5) is 5.69 Å². The van der Waals surface area contributed by atoms with Gasteiger partial charge in [-0.15, -0.1) is 0 Å². The summed E-state index contributed by atoms with van der Waals surface area (Å²) in [5.41, 5.74) is 1.92. The SMILES string of the molecule is NS(=O)(=O)c1cnn(-c2ccc(NCc3ccc(Cl)cc3)cn2)c1. The van der Waals surface area contributed by atoms with Gasteiger partial charge in [-0.25, -0.2) is 23.2 Å². The summed E-state index contributed by atoms with van der Waals surface area (Å²) in [6.45, 7) is 0.634. The molecule has 0 aliphatic carbocycles. The first-order chi connectivity index (χ1) is 11.4. The van der Waals surface area contributed by atoms with Crippen LogP contribution in [0.1, 0.15) is 5.56 Å². The van der Waals surface area contributed by atoms with E-state index in [0.29, 0.717) is 17.4 Å². The minimum atomic E-state index is -3.77. The van der Waals surface area contributed by atoms with Crippen LogP contribution < -0.4 is 10.5 Å². The van der Waals surface area contributed by atoms with Crippen molar-refractivity contribution < 1.29 is 8.42 Å². The van der Waals surface area contributed by atoms with E-state index in [1.54, 1.807) is 12.3 Å². The molecule has 0 spiro atoms. The first-order valence-corrected chi connectivity index (χ1v) is 8.86. The van der Waals surface area contributed by atoms with Crippen LogP contribution in [0.5, 0.6) is 0 Å². The molecular formula is C15H14ClN5O2S. The Hall–Kier alpha value is -2.42. The number of hydrogen-bond donors (Lipinski definition) is 2. The van der Waals surface area contributed by atoms with Crippen molar-refractivity contribution in [2.24, 2.45) is 5.14 Å². The van der Waals surface area contributed by atoms with Crippen molar-refractivity contribution in [3.05, 3.63) is 65.6 Å². The second kappa shape index (κ2) is 6.60. The molecule has 0 aliphatic heterocycles. The molecule has 3 aromatic rings. The number of nitrogens with zero attached hydrogens (tertiary/aromatic N) is 3. The molecule has 0 saturated heterocycles. The molecule has 0 radical (unpaired) electrons. The molecule has 2 aromatic heterocycles. The van der Waals surface area contributed by atoms with E-state index in [1.165, 1.54) is 17.1 Å². The summed E-state index contributed by atoms with van der Waals surface area (Å²) in [6, 6.07) is 11.1. The van der Waals surface area contributed by atoms with E-state index < -0.39 is 10.0 Å². The Balaban J connectivity index is 1.69. The largest absolute Gasteiger partial charge is 0.380 e. The van der Waals surface area contributed by atoms with Gasteiger partial charge in [0.15, 0.2) is 5.82 Å². The van der Waals surface area contributed by atoms with Crippen molar-refractivity contribution in [2.75, 3.05) is 5.32 Å². The third kappa shape index (κ3) is 3.91. The Bertz CT molecular complexity index is 937. The van der Waals surface area contributed by atoms with E-state index in [0.717, 1.165) is 11.3 Å². The fraction of sp³-hybridized carbons (Fsp3) is 0.0667. The number of sulfonamides is 1. The summed E-state index contributed by atoms with van der Waals surface area (Å²) in [7, 11) is -3.77. The van der Waals surface area contributed by atoms with Crippen LogP contribution in [0.15, 0.2) is 59.9 Å². The van der Waals surface area contributed by atoms with Crippen LogP contribution in [0.25, 0.3) is 5.82 Å². The number of halogens is 1. The molecule has 0 bridgehead atoms. The third-order valence-corrected chi connectivity index (χ3v) is 4.40. The molecule has 0 unspecified atom stereocenters. The van der Waals surface area contributed by atoms with E-state index >= 15 is 0 Å². The van der Waals surface area contributed by atoms with Crippen LogP contribution >= 0.6 is 11.6 Å². The van der Waals surface area contributed by atoms with Crippen molar-refractivity contribution in [1.82, 2.24) is 14.8 Å². The molecule has 0 aliphatic rings. The highest BCUT2D eigenvalue weighted by atomic mass is 35.5. The van der Waals surface area contributed by atoms with Gasteiger partial charge in [0.25, 0.3) is 0 Å². The van der Waals surface area contributed by atoms with E-state index in [4.69, 9.17) is 16.7 Å². The summed E-state index contributed by atoms with van der Waals surface area (Å²) in [5.74, 6) is 0.488. The first-order valence-electron chi connectivity index (χ1n) is 6.94. The van der Waals surface area contributed by atoms with Crippen LogP contribution in [0, 0.1) is 0 Å². The summed E-state index contributed by atoms with van der Waals surface area (Å²) >= 11 is 5.85. The van der Waals surface area contributed by atoms with Gasteiger partial charge >= 0.3 is 0 Å². The quantitative estimate of drug-likeness (QED) is 0.723. The fourth-order valence-electron chi connectivity index (χ4n) is 2.01. The van der Waals surface area contributed by atoms with Gasteiger partial charge in [0, 0.05) is 11.6 Å². The predicted octanol–water partition coefficient (Wildman–Crippen LogP) is 2.18. The highest BCUT2D eigenvalue weighted by molar-refractivity contribution is 7.89. The van der Waals surface area contributed by atoms with Gasteiger partial charge in [0.05, 0.1) is 24.3 Å². The molecule has 2 heterocycles. The van der Waals surface area contributed by atoms with Gasteiger partial charge in [-0.2, -0.15) is 5.10 Å². The van der Waals surface area contributed by atoms with Gasteiger partial charge in [-0.1, -0.05) is 23.7 Å². The number of benzene rings is 1. The summed E-state index contributed by atoms with van der Waals surface area (Å²) in [5, 5.41) is 12.9. The highest BCUT2D eigenvalue weighted by Crippen LogP contribution is 2.14. The molecule has 0 fully saturated rings. The third-order valence-electron chi connectivity index (χ3n) is 3.28. The minimum Gasteiger partial charge on any atom is -0.380 e. The lowest BCUT2D eigenvalue weighted by Gasteiger charge is -2.07. The van der Waals surface area contributed by atoms with Gasteiger partial charge in [-0.3, -0.25) is 0 Å². The smallest absolute Gasteiger partial charge is 0.241 e. The molecule has 0 saturated carbocycles. The maximum Gasteiger partial charge on any atom is 0.241 e. The molecule has 1 aromatic carbocycles. The van der Waals surface area contributed by atoms with E-state index in [-0.39, 0.29) is 4.90 Å². The number of anilines is 1. The van der Waals surface area contributed by atoms with Gasteiger partial charge < -0.3 is 5.32 Å². The van der Waals surface area contributed by atoms with Crippen LogP contribution in [0.2, 0.25) is 5.02 Å². The lowest BCUT2D eigenvalue weighted by atomic mass is 10.2. The predicted molar refractivity (Wildman–Crippen MR) is 91.5 cm³/mol. The normalized spacial score (nSPS) is 11.4. The molecule has 7 nitrogen and oxygen atoms in total. The number of primary sulfonamides is 1. The van der Waals surface area contributed by atoms with Crippen LogP contribution in [0.3, 0.4) is 0 Å². The maximum absolute atomic E-state index is 11.3. The van der Waals surface area contributed by atoms with Crippen molar-refractivity contribution in [2.45, 2.75) is 11.4 Å². The summed E-state index contributed by atoms with van der Waals surface area (Å²) in [6.07, 6.45) is 4.14. The van der Waals surface area contributed by atoms with Gasteiger partial charge in [-0.05, 0) is 29.8 Å². The first kappa shape index (κ1) is 16.4. The number of nitrogens with two attached hydrogens (primary N) is 1. The topological polar surface area (TPSA) is 103 Å². The van der Waals surface area contributed by atoms with Crippen molar-refractivity contribution in [1.29, 1.82) is 0 Å². The maximum atomic E-state index is 11.3. The lowest BCUT2D eigenvalue weighted by molar-refractivity contribution is 0.598. The highest BCUT2D eigenvalue weighted by Gasteiger charge is 2.11. The summed E-state index contributed by atoms with van der Waals surface area (Å²) < 4.78 is 23.9. The monoisotopic (exact) mass is 363 g/mol. The second-order valence-electron chi connectivity index (χ2n) is 5.05. The molecule has 3 N–H and O–H groups in total. The average molecular weight is 364 g/mol. The zero-order valence-electron chi connectivity index (χ0n) is 12.4. The van der Waals surface area contributed by atoms with E-state index in [1.807, 2.05) is 30.3 Å². The Labute approximate surface area is 144 Å². The molecule has 124 valence electrons. The summed E-state index contributed by atoms with van der Waals surface area (Å²) in [4.78, 5) is 4.19. The Morgan fingerprint density at radius 2 is 1.88 bits per heavy atom. The molecule has 3 rings (SSSR count). The zero-order chi connectivity index (χ0) is 17.2. The van der Waals surface area contributed by atoms with Crippen LogP contribution in [-0.2, 0) is 16.6 Å². The van der Waals surface area contributed by atoms with Gasteiger partial charge in [0.1, 0.15) is 4.90 Å². The standard InChI is InChI=1S/C15H14ClN5O2S/c16-12-3-1-11(2-4-12)7-18-13-5-6-15(19-8-13)21-10-14(9-20-21)24(17,22)23/h1-6,8-10,18H,7H2,(H2,17,22,23). The molecule has 0 atom stereocenters. The average Bonchev–Trinajstić information content (AvgIpc) is 3.05. The van der Waals surface area contributed by atoms with Crippen molar-refractivity contribution in [3.63, 3.8) is 0 Å². The number of aromatic nitrogens is 3. The van der Waals surface area contributed by atoms with E-state index in [2.05, 4.69) is 15.4 Å². The molecular weight excluding hydrogens is 350 g/mol. The van der Waals surface area contributed by atoms with Gasteiger partial charge in [0.2, 0.25) is 10.0 Å². The number of pyridine rings is 1. The Morgan fingerprint density at radius 1 is 1.12 bits per heavy atom. The Morgan fingerprint density at radius 3 is 2.46 bits per heavy atom. The minimum absolute atomic E-state index is 0.0609. The Kier molecular flexibility index (Phi) is 4.52. The lowest BCUT2D eigenvalue weighted by Crippen LogP contribution is -2.11. The number of rotatable bonds is 5. The number of nitrogens with one attached hydrogen (secondary N) is 1. The van der Waals surface area contributed by atoms with Crippen LogP contribution in [-0.4, -0.2) is 23.2 Å². The molecule has 9 heteroatoms. The zero-order valence-corrected chi connectivity index (χ0v) is 14.0.